The van der Waals surface area contributed by atoms with Gasteiger partial charge in [-0.15, -0.1) is 0 Å². The zero-order chi connectivity index (χ0) is 18.6. The van der Waals surface area contributed by atoms with E-state index in [9.17, 15) is 5.11 Å². The molecule has 0 saturated heterocycles. The SMILES string of the molecule is Cc1cc(OC[C@H](O)CN[C@@H]2CCC[C@H](C)[C@@H]2C)c(C(C)C)cc1Cl. The molecule has 2 rings (SSSR count). The monoisotopic (exact) mass is 367 g/mol. The molecular formula is C21H34ClNO2. The lowest BCUT2D eigenvalue weighted by atomic mass is 9.78. The van der Waals surface area contributed by atoms with Crippen LogP contribution in [0, 0.1) is 18.8 Å². The molecule has 1 aliphatic rings. The quantitative estimate of drug-likeness (QED) is 0.718. The normalized spacial score (nSPS) is 25.2. The highest BCUT2D eigenvalue weighted by molar-refractivity contribution is 6.31. The summed E-state index contributed by atoms with van der Waals surface area (Å²) in [6.07, 6.45) is 3.28. The first-order valence-electron chi connectivity index (χ1n) is 9.63. The van der Waals surface area contributed by atoms with E-state index in [1.54, 1.807) is 0 Å². The second kappa shape index (κ2) is 9.25. The number of nitrogens with one attached hydrogen (secondary N) is 1. The zero-order valence-electron chi connectivity index (χ0n) is 16.3. The molecule has 0 heterocycles. The molecule has 1 aliphatic carbocycles. The van der Waals surface area contributed by atoms with Gasteiger partial charge in [0.1, 0.15) is 18.5 Å². The summed E-state index contributed by atoms with van der Waals surface area (Å²) in [6, 6.07) is 4.46. The summed E-state index contributed by atoms with van der Waals surface area (Å²) in [5.41, 5.74) is 2.09. The molecule has 1 aromatic rings. The second-order valence-electron chi connectivity index (χ2n) is 8.04. The summed E-state index contributed by atoms with van der Waals surface area (Å²) < 4.78 is 5.94. The summed E-state index contributed by atoms with van der Waals surface area (Å²) >= 11 is 6.24. The molecule has 0 bridgehead atoms. The highest BCUT2D eigenvalue weighted by Crippen LogP contribution is 2.32. The summed E-state index contributed by atoms with van der Waals surface area (Å²) in [7, 11) is 0. The molecule has 142 valence electrons. The molecule has 2 N–H and O–H groups in total. The van der Waals surface area contributed by atoms with Crippen LogP contribution < -0.4 is 10.1 Å². The Labute approximate surface area is 158 Å². The van der Waals surface area contributed by atoms with Crippen LogP contribution in [0.3, 0.4) is 0 Å². The van der Waals surface area contributed by atoms with Gasteiger partial charge in [0, 0.05) is 17.6 Å². The second-order valence-corrected chi connectivity index (χ2v) is 8.45. The summed E-state index contributed by atoms with van der Waals surface area (Å²) in [5, 5.41) is 14.6. The van der Waals surface area contributed by atoms with Crippen molar-refractivity contribution in [2.24, 2.45) is 11.8 Å². The number of rotatable bonds is 7. The summed E-state index contributed by atoms with van der Waals surface area (Å²) in [6.45, 7) is 11.7. The van der Waals surface area contributed by atoms with Crippen LogP contribution in [0.4, 0.5) is 0 Å². The number of aliphatic hydroxyl groups is 1. The van der Waals surface area contributed by atoms with Crippen molar-refractivity contribution >= 4 is 11.6 Å². The van der Waals surface area contributed by atoms with Crippen molar-refractivity contribution < 1.29 is 9.84 Å². The number of hydrogen-bond acceptors (Lipinski definition) is 3. The van der Waals surface area contributed by atoms with Crippen molar-refractivity contribution in [2.75, 3.05) is 13.2 Å². The lowest BCUT2D eigenvalue weighted by molar-refractivity contribution is 0.0941. The number of aryl methyl sites for hydroxylation is 1. The van der Waals surface area contributed by atoms with E-state index in [-0.39, 0.29) is 0 Å². The first-order chi connectivity index (χ1) is 11.8. The van der Waals surface area contributed by atoms with Crippen molar-refractivity contribution in [1.29, 1.82) is 0 Å². The van der Waals surface area contributed by atoms with Gasteiger partial charge in [-0.25, -0.2) is 0 Å². The fourth-order valence-corrected chi connectivity index (χ4v) is 3.82. The molecule has 0 spiro atoms. The molecule has 0 aliphatic heterocycles. The van der Waals surface area contributed by atoms with E-state index < -0.39 is 6.10 Å². The fraction of sp³-hybridized carbons (Fsp3) is 0.714. The van der Waals surface area contributed by atoms with Gasteiger partial charge in [0.05, 0.1) is 0 Å². The van der Waals surface area contributed by atoms with Crippen LogP contribution in [0.15, 0.2) is 12.1 Å². The van der Waals surface area contributed by atoms with Gasteiger partial charge in [-0.2, -0.15) is 0 Å². The van der Waals surface area contributed by atoms with Gasteiger partial charge < -0.3 is 15.2 Å². The van der Waals surface area contributed by atoms with Gasteiger partial charge in [-0.3, -0.25) is 0 Å². The average molecular weight is 368 g/mol. The highest BCUT2D eigenvalue weighted by atomic mass is 35.5. The van der Waals surface area contributed by atoms with Crippen molar-refractivity contribution in [3.63, 3.8) is 0 Å². The van der Waals surface area contributed by atoms with Crippen LogP contribution in [0.5, 0.6) is 5.75 Å². The van der Waals surface area contributed by atoms with E-state index in [0.717, 1.165) is 27.8 Å². The van der Waals surface area contributed by atoms with Crippen LogP contribution in [0.1, 0.15) is 64.0 Å². The minimum absolute atomic E-state index is 0.296. The lowest BCUT2D eigenvalue weighted by Crippen LogP contribution is -2.44. The molecule has 0 amide bonds. The van der Waals surface area contributed by atoms with Crippen molar-refractivity contribution in [1.82, 2.24) is 5.32 Å². The Morgan fingerprint density at radius 2 is 2.00 bits per heavy atom. The highest BCUT2D eigenvalue weighted by Gasteiger charge is 2.27. The minimum Gasteiger partial charge on any atom is -0.491 e. The molecule has 0 radical (unpaired) electrons. The number of benzene rings is 1. The molecule has 1 fully saturated rings. The topological polar surface area (TPSA) is 41.5 Å². The molecular weight excluding hydrogens is 334 g/mol. The van der Waals surface area contributed by atoms with Crippen LogP contribution in [-0.4, -0.2) is 30.4 Å². The Morgan fingerprint density at radius 1 is 1.28 bits per heavy atom. The van der Waals surface area contributed by atoms with Crippen LogP contribution in [0.2, 0.25) is 5.02 Å². The number of aliphatic hydroxyl groups excluding tert-OH is 1. The largest absolute Gasteiger partial charge is 0.491 e. The molecule has 4 heteroatoms. The third kappa shape index (κ3) is 5.60. The molecule has 4 atom stereocenters. The van der Waals surface area contributed by atoms with E-state index >= 15 is 0 Å². The van der Waals surface area contributed by atoms with Crippen LogP contribution >= 0.6 is 11.6 Å². The zero-order valence-corrected chi connectivity index (χ0v) is 17.1. The van der Waals surface area contributed by atoms with Crippen molar-refractivity contribution in [3.05, 3.63) is 28.3 Å². The predicted octanol–water partition coefficient (Wildman–Crippen LogP) is 4.93. The minimum atomic E-state index is -0.513. The Morgan fingerprint density at radius 3 is 2.68 bits per heavy atom. The summed E-state index contributed by atoms with van der Waals surface area (Å²) in [5.74, 6) is 2.57. The fourth-order valence-electron chi connectivity index (χ4n) is 3.65. The molecule has 3 nitrogen and oxygen atoms in total. The van der Waals surface area contributed by atoms with E-state index in [1.165, 1.54) is 19.3 Å². The van der Waals surface area contributed by atoms with E-state index in [2.05, 4.69) is 33.0 Å². The first-order valence-corrected chi connectivity index (χ1v) is 10.0. The summed E-state index contributed by atoms with van der Waals surface area (Å²) in [4.78, 5) is 0. The molecule has 0 unspecified atom stereocenters. The third-order valence-electron chi connectivity index (χ3n) is 5.67. The van der Waals surface area contributed by atoms with Gasteiger partial charge in [-0.05, 0) is 54.4 Å². The van der Waals surface area contributed by atoms with E-state index in [4.69, 9.17) is 16.3 Å². The van der Waals surface area contributed by atoms with Crippen molar-refractivity contribution in [3.8, 4) is 5.75 Å². The van der Waals surface area contributed by atoms with E-state index in [1.807, 2.05) is 19.1 Å². The van der Waals surface area contributed by atoms with E-state index in [0.29, 0.717) is 31.0 Å². The number of halogens is 1. The average Bonchev–Trinajstić information content (AvgIpc) is 2.56. The Bertz CT molecular complexity index is 561. The predicted molar refractivity (Wildman–Crippen MR) is 106 cm³/mol. The van der Waals surface area contributed by atoms with Gasteiger partial charge in [0.2, 0.25) is 0 Å². The Hall–Kier alpha value is -0.770. The van der Waals surface area contributed by atoms with Gasteiger partial charge in [0.25, 0.3) is 0 Å². The number of ether oxygens (including phenoxy) is 1. The maximum Gasteiger partial charge on any atom is 0.123 e. The van der Waals surface area contributed by atoms with Gasteiger partial charge >= 0.3 is 0 Å². The molecule has 1 aromatic carbocycles. The van der Waals surface area contributed by atoms with Crippen LogP contribution in [-0.2, 0) is 0 Å². The number of hydrogen-bond donors (Lipinski definition) is 2. The lowest BCUT2D eigenvalue weighted by Gasteiger charge is -2.35. The molecule has 25 heavy (non-hydrogen) atoms. The Balaban J connectivity index is 1.87. The standard InChI is InChI=1S/C21H34ClNO2/c1-13(2)18-10-19(22)15(4)9-21(18)25-12-17(24)11-23-20-8-6-7-14(3)16(20)5/h9-10,13-14,16-17,20,23-24H,6-8,11-12H2,1-5H3/t14-,16-,17+,20+/m0/s1. The third-order valence-corrected chi connectivity index (χ3v) is 6.07. The first kappa shape index (κ1) is 20.5. The van der Waals surface area contributed by atoms with Crippen molar-refractivity contribution in [2.45, 2.75) is 71.9 Å². The Kier molecular flexibility index (Phi) is 7.60. The maximum atomic E-state index is 10.3. The van der Waals surface area contributed by atoms with Gasteiger partial charge in [-0.1, -0.05) is 52.1 Å². The molecule has 1 saturated carbocycles. The van der Waals surface area contributed by atoms with Gasteiger partial charge in [0.15, 0.2) is 0 Å². The smallest absolute Gasteiger partial charge is 0.123 e. The molecule has 0 aromatic heterocycles. The van der Waals surface area contributed by atoms with Crippen LogP contribution in [0.25, 0.3) is 0 Å². The maximum absolute atomic E-state index is 10.3.